The maximum atomic E-state index is 13.3. The van der Waals surface area contributed by atoms with E-state index in [1.807, 2.05) is 5.32 Å². The number of nitrogens with one attached hydrogen (secondary N) is 1. The van der Waals surface area contributed by atoms with Gasteiger partial charge in [0.25, 0.3) is 5.91 Å². The zero-order valence-electron chi connectivity index (χ0n) is 15.2. The fraction of sp³-hybridized carbons (Fsp3) is 0.263. The molecule has 0 unspecified atom stereocenters. The van der Waals surface area contributed by atoms with Crippen molar-refractivity contribution in [1.29, 1.82) is 0 Å². The predicted octanol–water partition coefficient (Wildman–Crippen LogP) is 4.38. The number of methoxy groups -OCH3 is 1. The zero-order chi connectivity index (χ0) is 22.7. The highest BCUT2D eigenvalue weighted by Crippen LogP contribution is 2.36. The van der Waals surface area contributed by atoms with Crippen molar-refractivity contribution in [3.05, 3.63) is 70.5 Å². The Labute approximate surface area is 165 Å². The Morgan fingerprint density at radius 3 is 2.00 bits per heavy atom. The van der Waals surface area contributed by atoms with E-state index in [1.165, 1.54) is 12.1 Å². The summed E-state index contributed by atoms with van der Waals surface area (Å²) < 4.78 is 95.6. The number of rotatable bonds is 5. The van der Waals surface area contributed by atoms with Gasteiger partial charge in [0.05, 0.1) is 18.2 Å². The molecule has 1 N–H and O–H groups in total. The average molecular weight is 437 g/mol. The number of ether oxygens (including phenoxy) is 1. The van der Waals surface area contributed by atoms with E-state index in [0.717, 1.165) is 19.2 Å². The Hall–Kier alpha value is -3.11. The molecular formula is C19H14F7NO3. The summed E-state index contributed by atoms with van der Waals surface area (Å²) >= 11 is 0. The van der Waals surface area contributed by atoms with E-state index in [4.69, 9.17) is 0 Å². The van der Waals surface area contributed by atoms with Gasteiger partial charge in [-0.1, -0.05) is 12.1 Å². The van der Waals surface area contributed by atoms with E-state index < -0.39 is 52.8 Å². The summed E-state index contributed by atoms with van der Waals surface area (Å²) in [5.41, 5.74) is -4.07. The molecular weight excluding hydrogens is 423 g/mol. The van der Waals surface area contributed by atoms with Crippen LogP contribution in [-0.4, -0.2) is 25.0 Å². The summed E-state index contributed by atoms with van der Waals surface area (Å²) in [6.45, 7) is 0. The minimum absolute atomic E-state index is 0.124. The number of esters is 1. The summed E-state index contributed by atoms with van der Waals surface area (Å²) in [6.07, 6.45) is -10.6. The lowest BCUT2D eigenvalue weighted by molar-refractivity contribution is -0.144. The molecule has 0 saturated heterocycles. The molecule has 2 aromatic carbocycles. The first-order valence-corrected chi connectivity index (χ1v) is 8.24. The van der Waals surface area contributed by atoms with E-state index in [-0.39, 0.29) is 30.2 Å². The van der Waals surface area contributed by atoms with Crippen LogP contribution in [0.2, 0.25) is 0 Å². The van der Waals surface area contributed by atoms with Gasteiger partial charge in [-0.2, -0.15) is 26.3 Å². The Bertz CT molecular complexity index is 906. The third-order valence-corrected chi connectivity index (χ3v) is 3.97. The first-order valence-electron chi connectivity index (χ1n) is 8.24. The van der Waals surface area contributed by atoms with Crippen molar-refractivity contribution < 1.29 is 45.1 Å². The van der Waals surface area contributed by atoms with Gasteiger partial charge in [0.15, 0.2) is 0 Å². The number of halogens is 7. The van der Waals surface area contributed by atoms with E-state index in [1.54, 1.807) is 0 Å². The van der Waals surface area contributed by atoms with Crippen LogP contribution in [0.3, 0.4) is 0 Å². The van der Waals surface area contributed by atoms with Crippen LogP contribution in [0.5, 0.6) is 0 Å². The molecule has 0 heterocycles. The quantitative estimate of drug-likeness (QED) is 0.558. The Kier molecular flexibility index (Phi) is 6.73. The van der Waals surface area contributed by atoms with E-state index in [9.17, 15) is 40.3 Å². The molecule has 4 nitrogen and oxygen atoms in total. The molecule has 1 amide bonds. The van der Waals surface area contributed by atoms with Gasteiger partial charge in [-0.05, 0) is 35.9 Å². The second-order valence-corrected chi connectivity index (χ2v) is 6.18. The zero-order valence-corrected chi connectivity index (χ0v) is 15.2. The van der Waals surface area contributed by atoms with Crippen molar-refractivity contribution in [2.75, 3.05) is 7.11 Å². The Morgan fingerprint density at radius 1 is 0.967 bits per heavy atom. The van der Waals surface area contributed by atoms with Crippen LogP contribution in [0.1, 0.15) is 27.0 Å². The van der Waals surface area contributed by atoms with Crippen LogP contribution in [0.15, 0.2) is 42.5 Å². The monoisotopic (exact) mass is 437 g/mol. The molecule has 0 aliphatic rings. The number of carbonyl (C=O) groups excluding carboxylic acids is 2. The number of hydrogen-bond donors (Lipinski definition) is 1. The van der Waals surface area contributed by atoms with Gasteiger partial charge in [0.1, 0.15) is 11.9 Å². The van der Waals surface area contributed by atoms with Crippen molar-refractivity contribution >= 4 is 11.9 Å². The standard InChI is InChI=1S/C19H14F7NO3/c1-30-17(29)15(6-10-3-2-4-14(20)5-10)27-16(28)11-7-12(18(21,22)23)9-13(8-11)19(24,25)26/h2-5,7-9,15H,6H2,1H3,(H,27,28)/t15-/m1/s1. The van der Waals surface area contributed by atoms with Crippen LogP contribution in [-0.2, 0) is 28.3 Å². The molecule has 0 aliphatic carbocycles. The average Bonchev–Trinajstić information content (AvgIpc) is 2.65. The Morgan fingerprint density at radius 2 is 1.53 bits per heavy atom. The second-order valence-electron chi connectivity index (χ2n) is 6.18. The highest BCUT2D eigenvalue weighted by molar-refractivity contribution is 5.97. The third kappa shape index (κ3) is 5.94. The highest BCUT2D eigenvalue weighted by Gasteiger charge is 2.37. The lowest BCUT2D eigenvalue weighted by atomic mass is 10.0. The number of amides is 1. The van der Waals surface area contributed by atoms with Crippen LogP contribution < -0.4 is 5.32 Å². The lowest BCUT2D eigenvalue weighted by Gasteiger charge is -2.18. The second kappa shape index (κ2) is 8.72. The van der Waals surface area contributed by atoms with Crippen molar-refractivity contribution in [2.45, 2.75) is 24.8 Å². The van der Waals surface area contributed by atoms with E-state index >= 15 is 0 Å². The van der Waals surface area contributed by atoms with Crippen LogP contribution in [0.25, 0.3) is 0 Å². The van der Waals surface area contributed by atoms with Crippen molar-refractivity contribution in [3.63, 3.8) is 0 Å². The lowest BCUT2D eigenvalue weighted by Crippen LogP contribution is -2.43. The smallest absolute Gasteiger partial charge is 0.416 e. The van der Waals surface area contributed by atoms with Gasteiger partial charge in [-0.15, -0.1) is 0 Å². The Balaban J connectivity index is 2.37. The number of benzene rings is 2. The summed E-state index contributed by atoms with van der Waals surface area (Å²) in [5.74, 6) is -3.02. The summed E-state index contributed by atoms with van der Waals surface area (Å²) in [6, 6.07) is 3.78. The maximum Gasteiger partial charge on any atom is 0.416 e. The largest absolute Gasteiger partial charge is 0.467 e. The molecule has 0 saturated carbocycles. The van der Waals surface area contributed by atoms with Gasteiger partial charge < -0.3 is 10.1 Å². The summed E-state index contributed by atoms with van der Waals surface area (Å²) in [4.78, 5) is 24.3. The molecule has 0 spiro atoms. The molecule has 162 valence electrons. The molecule has 0 aromatic heterocycles. The van der Waals surface area contributed by atoms with Gasteiger partial charge in [-0.25, -0.2) is 9.18 Å². The maximum absolute atomic E-state index is 13.3. The fourth-order valence-corrected chi connectivity index (χ4v) is 2.56. The molecule has 1 atom stereocenters. The van der Waals surface area contributed by atoms with Crippen LogP contribution in [0, 0.1) is 5.82 Å². The van der Waals surface area contributed by atoms with Crippen molar-refractivity contribution in [2.24, 2.45) is 0 Å². The molecule has 0 radical (unpaired) electrons. The van der Waals surface area contributed by atoms with Crippen LogP contribution >= 0.6 is 0 Å². The van der Waals surface area contributed by atoms with Gasteiger partial charge >= 0.3 is 18.3 Å². The number of carbonyl (C=O) groups is 2. The molecule has 0 aliphatic heterocycles. The normalized spacial score (nSPS) is 12.9. The fourth-order valence-electron chi connectivity index (χ4n) is 2.56. The minimum atomic E-state index is -5.14. The van der Waals surface area contributed by atoms with E-state index in [2.05, 4.69) is 4.74 Å². The van der Waals surface area contributed by atoms with E-state index in [0.29, 0.717) is 0 Å². The van der Waals surface area contributed by atoms with Gasteiger partial charge in [0, 0.05) is 12.0 Å². The first-order chi connectivity index (χ1) is 13.8. The summed E-state index contributed by atoms with van der Waals surface area (Å²) in [5, 5.41) is 2.04. The van der Waals surface area contributed by atoms with Crippen molar-refractivity contribution in [1.82, 2.24) is 5.32 Å². The number of hydrogen-bond acceptors (Lipinski definition) is 3. The SMILES string of the molecule is COC(=O)[C@@H](Cc1cccc(F)c1)NC(=O)c1cc(C(F)(F)F)cc(C(F)(F)F)c1. The predicted molar refractivity (Wildman–Crippen MR) is 89.8 cm³/mol. The molecule has 0 bridgehead atoms. The van der Waals surface area contributed by atoms with Crippen molar-refractivity contribution in [3.8, 4) is 0 Å². The minimum Gasteiger partial charge on any atom is -0.467 e. The topological polar surface area (TPSA) is 55.4 Å². The summed E-state index contributed by atoms with van der Waals surface area (Å²) in [7, 11) is 0.971. The van der Waals surface area contributed by atoms with Gasteiger partial charge in [0.2, 0.25) is 0 Å². The third-order valence-electron chi connectivity index (χ3n) is 3.97. The highest BCUT2D eigenvalue weighted by atomic mass is 19.4. The van der Waals surface area contributed by atoms with Gasteiger partial charge in [-0.3, -0.25) is 4.79 Å². The molecule has 30 heavy (non-hydrogen) atoms. The first kappa shape index (κ1) is 23.2. The van der Waals surface area contributed by atoms with Crippen LogP contribution in [0.4, 0.5) is 30.7 Å². The molecule has 0 fully saturated rings. The number of alkyl halides is 6. The molecule has 11 heteroatoms. The molecule has 2 aromatic rings. The molecule has 2 rings (SSSR count).